The number of esters is 1. The van der Waals surface area contributed by atoms with Crippen LogP contribution in [0.3, 0.4) is 0 Å². The fourth-order valence-electron chi connectivity index (χ4n) is 2.31. The maximum atomic E-state index is 12.0. The highest BCUT2D eigenvalue weighted by molar-refractivity contribution is 5.85. The Kier molecular flexibility index (Phi) is 5.21. The van der Waals surface area contributed by atoms with Gasteiger partial charge in [-0.2, -0.15) is 0 Å². The molecule has 17 heavy (non-hydrogen) atoms. The average molecular weight is 263 g/mol. The Labute approximate surface area is 107 Å². The highest BCUT2D eigenvalue weighted by Crippen LogP contribution is 2.23. The van der Waals surface area contributed by atoms with Crippen LogP contribution in [0.2, 0.25) is 0 Å². The summed E-state index contributed by atoms with van der Waals surface area (Å²) in [6, 6.07) is 0.0561. The molecule has 2 saturated heterocycles. The molecule has 2 aliphatic rings. The second-order valence-electron chi connectivity index (χ2n) is 4.46. The summed E-state index contributed by atoms with van der Waals surface area (Å²) >= 11 is 0. The Balaban J connectivity index is 0.00000144. The Bertz CT molecular complexity index is 294. The molecule has 0 spiro atoms. The molecule has 0 radical (unpaired) electrons. The normalized spacial score (nSPS) is 23.8. The van der Waals surface area contributed by atoms with Gasteiger partial charge in [0, 0.05) is 25.7 Å². The van der Waals surface area contributed by atoms with E-state index in [1.807, 2.05) is 4.90 Å². The van der Waals surface area contributed by atoms with Crippen molar-refractivity contribution in [2.45, 2.75) is 25.3 Å². The van der Waals surface area contributed by atoms with E-state index in [9.17, 15) is 9.59 Å². The summed E-state index contributed by atoms with van der Waals surface area (Å²) in [7, 11) is 1.39. The molecule has 1 amide bonds. The van der Waals surface area contributed by atoms with Gasteiger partial charge in [-0.15, -0.1) is 12.4 Å². The zero-order chi connectivity index (χ0) is 11.5. The molecule has 6 heteroatoms. The molecule has 1 unspecified atom stereocenters. The minimum absolute atomic E-state index is 0. The van der Waals surface area contributed by atoms with E-state index in [1.54, 1.807) is 0 Å². The summed E-state index contributed by atoms with van der Waals surface area (Å²) < 4.78 is 4.65. The zero-order valence-electron chi connectivity index (χ0n) is 9.98. The van der Waals surface area contributed by atoms with Crippen molar-refractivity contribution in [3.63, 3.8) is 0 Å². The molecule has 1 atom stereocenters. The zero-order valence-corrected chi connectivity index (χ0v) is 10.8. The maximum absolute atomic E-state index is 12.0. The number of halogens is 1. The van der Waals surface area contributed by atoms with E-state index in [1.165, 1.54) is 7.11 Å². The topological polar surface area (TPSA) is 58.6 Å². The van der Waals surface area contributed by atoms with Gasteiger partial charge >= 0.3 is 5.97 Å². The van der Waals surface area contributed by atoms with Crippen molar-refractivity contribution in [1.82, 2.24) is 10.2 Å². The maximum Gasteiger partial charge on any atom is 0.307 e. The van der Waals surface area contributed by atoms with Gasteiger partial charge in [-0.3, -0.25) is 9.59 Å². The van der Waals surface area contributed by atoms with E-state index in [0.717, 1.165) is 32.5 Å². The Morgan fingerprint density at radius 2 is 2.12 bits per heavy atom. The summed E-state index contributed by atoms with van der Waals surface area (Å²) in [5.74, 6) is 0.0971. The molecule has 0 aromatic carbocycles. The lowest BCUT2D eigenvalue weighted by Gasteiger charge is -2.33. The molecule has 0 aromatic rings. The molecule has 2 aliphatic heterocycles. The lowest BCUT2D eigenvalue weighted by Crippen LogP contribution is -2.53. The van der Waals surface area contributed by atoms with Gasteiger partial charge in [0.1, 0.15) is 0 Å². The first-order valence-corrected chi connectivity index (χ1v) is 5.80. The molecule has 2 heterocycles. The van der Waals surface area contributed by atoms with Crippen LogP contribution in [-0.4, -0.2) is 49.6 Å². The number of rotatable bonds is 3. The first-order chi connectivity index (χ1) is 7.72. The van der Waals surface area contributed by atoms with Crippen LogP contribution in [-0.2, 0) is 14.3 Å². The Hall–Kier alpha value is -0.810. The molecular weight excluding hydrogens is 244 g/mol. The van der Waals surface area contributed by atoms with E-state index >= 15 is 0 Å². The summed E-state index contributed by atoms with van der Waals surface area (Å²) in [5.41, 5.74) is 0. The molecule has 2 rings (SSSR count). The van der Waals surface area contributed by atoms with E-state index in [-0.39, 0.29) is 36.2 Å². The number of hydrogen-bond donors (Lipinski definition) is 1. The number of nitrogens with one attached hydrogen (secondary N) is 1. The van der Waals surface area contributed by atoms with Crippen molar-refractivity contribution >= 4 is 24.3 Å². The van der Waals surface area contributed by atoms with Crippen LogP contribution in [0.5, 0.6) is 0 Å². The molecule has 1 N–H and O–H groups in total. The lowest BCUT2D eigenvalue weighted by atomic mass is 10.0. The first-order valence-electron chi connectivity index (χ1n) is 5.80. The highest BCUT2D eigenvalue weighted by Gasteiger charge is 2.36. The van der Waals surface area contributed by atoms with Crippen LogP contribution in [0.25, 0.3) is 0 Å². The van der Waals surface area contributed by atoms with Crippen LogP contribution >= 0.6 is 12.4 Å². The smallest absolute Gasteiger partial charge is 0.307 e. The predicted octanol–water partition coefficient (Wildman–Crippen LogP) is 0.182. The molecule has 2 fully saturated rings. The number of nitrogens with zero attached hydrogens (tertiary/aromatic N) is 1. The van der Waals surface area contributed by atoms with Gasteiger partial charge < -0.3 is 15.0 Å². The van der Waals surface area contributed by atoms with Crippen molar-refractivity contribution in [3.8, 4) is 0 Å². The van der Waals surface area contributed by atoms with Crippen molar-refractivity contribution in [2.75, 3.05) is 26.7 Å². The van der Waals surface area contributed by atoms with Crippen molar-refractivity contribution in [2.24, 2.45) is 5.92 Å². The van der Waals surface area contributed by atoms with Gasteiger partial charge in [-0.1, -0.05) is 0 Å². The molecular formula is C11H19ClN2O3. The van der Waals surface area contributed by atoms with E-state index < -0.39 is 0 Å². The van der Waals surface area contributed by atoms with Crippen molar-refractivity contribution in [3.05, 3.63) is 0 Å². The largest absolute Gasteiger partial charge is 0.469 e. The fourth-order valence-corrected chi connectivity index (χ4v) is 2.31. The number of amides is 1. The van der Waals surface area contributed by atoms with Gasteiger partial charge in [0.25, 0.3) is 0 Å². The predicted molar refractivity (Wildman–Crippen MR) is 65.0 cm³/mol. The number of carbonyl (C=O) groups is 2. The van der Waals surface area contributed by atoms with Gasteiger partial charge in [0.05, 0.1) is 19.4 Å². The molecule has 5 nitrogen and oxygen atoms in total. The summed E-state index contributed by atoms with van der Waals surface area (Å²) in [4.78, 5) is 25.1. The van der Waals surface area contributed by atoms with E-state index in [0.29, 0.717) is 6.42 Å². The number of likely N-dealkylation sites (tertiary alicyclic amines) is 1. The number of ether oxygens (including phenoxy) is 1. The van der Waals surface area contributed by atoms with Crippen LogP contribution in [0.4, 0.5) is 0 Å². The van der Waals surface area contributed by atoms with Gasteiger partial charge in [-0.25, -0.2) is 0 Å². The van der Waals surface area contributed by atoms with Crippen LogP contribution in [0.1, 0.15) is 19.3 Å². The molecule has 0 saturated carbocycles. The van der Waals surface area contributed by atoms with Crippen molar-refractivity contribution < 1.29 is 14.3 Å². The van der Waals surface area contributed by atoms with Gasteiger partial charge in [0.2, 0.25) is 5.91 Å². The third-order valence-electron chi connectivity index (χ3n) is 3.42. The van der Waals surface area contributed by atoms with Crippen LogP contribution in [0.15, 0.2) is 0 Å². The van der Waals surface area contributed by atoms with Crippen LogP contribution < -0.4 is 5.32 Å². The fraction of sp³-hybridized carbons (Fsp3) is 0.818. The summed E-state index contributed by atoms with van der Waals surface area (Å²) in [6.45, 7) is 2.34. The Morgan fingerprint density at radius 1 is 1.41 bits per heavy atom. The van der Waals surface area contributed by atoms with E-state index in [2.05, 4.69) is 10.1 Å². The second-order valence-corrected chi connectivity index (χ2v) is 4.46. The first kappa shape index (κ1) is 14.3. The SMILES string of the molecule is COC(=O)CC1CCCN1C(=O)C1CNC1.Cl. The minimum Gasteiger partial charge on any atom is -0.469 e. The summed E-state index contributed by atoms with van der Waals surface area (Å²) in [5, 5.41) is 3.09. The number of carbonyl (C=O) groups excluding carboxylic acids is 2. The number of methoxy groups -OCH3 is 1. The van der Waals surface area contributed by atoms with Gasteiger partial charge in [-0.05, 0) is 12.8 Å². The standard InChI is InChI=1S/C11H18N2O3.ClH/c1-16-10(14)5-9-3-2-4-13(9)11(15)8-6-12-7-8;/h8-9,12H,2-7H2,1H3;1H. The van der Waals surface area contributed by atoms with Crippen LogP contribution in [0, 0.1) is 5.92 Å². The third-order valence-corrected chi connectivity index (χ3v) is 3.42. The average Bonchev–Trinajstić information content (AvgIpc) is 2.63. The highest BCUT2D eigenvalue weighted by atomic mass is 35.5. The molecule has 0 aromatic heterocycles. The quantitative estimate of drug-likeness (QED) is 0.738. The lowest BCUT2D eigenvalue weighted by molar-refractivity contribution is -0.144. The second kappa shape index (κ2) is 6.21. The molecule has 0 bridgehead atoms. The van der Waals surface area contributed by atoms with Crippen molar-refractivity contribution in [1.29, 1.82) is 0 Å². The van der Waals surface area contributed by atoms with Gasteiger partial charge in [0.15, 0.2) is 0 Å². The number of hydrogen-bond acceptors (Lipinski definition) is 4. The third kappa shape index (κ3) is 3.10. The van der Waals surface area contributed by atoms with E-state index in [4.69, 9.17) is 0 Å². The molecule has 0 aliphatic carbocycles. The Morgan fingerprint density at radius 3 is 2.65 bits per heavy atom. The summed E-state index contributed by atoms with van der Waals surface area (Å²) in [6.07, 6.45) is 2.25. The monoisotopic (exact) mass is 262 g/mol. The minimum atomic E-state index is -0.226. The molecule has 98 valence electrons.